The summed E-state index contributed by atoms with van der Waals surface area (Å²) in [5, 5.41) is 8.05. The molecule has 0 spiro atoms. The number of thiazole rings is 1. The van der Waals surface area contributed by atoms with Crippen molar-refractivity contribution < 1.29 is 9.47 Å². The number of methoxy groups -OCH3 is 2. The van der Waals surface area contributed by atoms with Crippen LogP contribution in [0.5, 0.6) is 11.5 Å². The summed E-state index contributed by atoms with van der Waals surface area (Å²) in [7, 11) is 3.31. The van der Waals surface area contributed by atoms with Crippen LogP contribution in [-0.2, 0) is 6.54 Å². The molecule has 0 amide bonds. The Labute approximate surface area is 185 Å². The van der Waals surface area contributed by atoms with Crippen molar-refractivity contribution >= 4 is 17.0 Å². The summed E-state index contributed by atoms with van der Waals surface area (Å²) in [4.78, 5) is 11.7. The molecule has 4 aromatic rings. The largest absolute Gasteiger partial charge is 0.493 e. The highest BCUT2D eigenvalue weighted by molar-refractivity contribution is 7.09. The molecule has 1 aliphatic rings. The van der Waals surface area contributed by atoms with E-state index in [9.17, 15) is 0 Å². The van der Waals surface area contributed by atoms with E-state index in [0.717, 1.165) is 60.8 Å². The van der Waals surface area contributed by atoms with Crippen molar-refractivity contribution in [1.82, 2.24) is 24.5 Å². The summed E-state index contributed by atoms with van der Waals surface area (Å²) in [6.45, 7) is 2.97. The number of pyridine rings is 1. The first kappa shape index (κ1) is 20.0. The molecule has 0 aliphatic carbocycles. The molecule has 7 nitrogen and oxygen atoms in total. The third-order valence-electron chi connectivity index (χ3n) is 5.77. The molecule has 1 aromatic carbocycles. The maximum Gasteiger partial charge on any atom is 0.168 e. The summed E-state index contributed by atoms with van der Waals surface area (Å²) in [5.41, 5.74) is 2.83. The number of benzene rings is 1. The van der Waals surface area contributed by atoms with Gasteiger partial charge in [0.2, 0.25) is 0 Å². The number of hydrogen-bond acceptors (Lipinski definition) is 7. The van der Waals surface area contributed by atoms with E-state index in [1.54, 1.807) is 25.6 Å². The second-order valence-corrected chi connectivity index (χ2v) is 8.71. The van der Waals surface area contributed by atoms with Gasteiger partial charge in [0.1, 0.15) is 5.01 Å². The van der Waals surface area contributed by atoms with Crippen LogP contribution >= 0.6 is 11.3 Å². The predicted octanol–water partition coefficient (Wildman–Crippen LogP) is 4.25. The highest BCUT2D eigenvalue weighted by Crippen LogP contribution is 2.37. The van der Waals surface area contributed by atoms with Gasteiger partial charge in [0, 0.05) is 41.4 Å². The van der Waals surface area contributed by atoms with E-state index in [2.05, 4.69) is 16.0 Å². The number of para-hydroxylation sites is 1. The highest BCUT2D eigenvalue weighted by atomic mass is 32.1. The summed E-state index contributed by atoms with van der Waals surface area (Å²) in [6.07, 6.45) is 6.15. The number of hydrogen-bond donors (Lipinski definition) is 0. The second-order valence-electron chi connectivity index (χ2n) is 7.73. The van der Waals surface area contributed by atoms with Crippen LogP contribution in [0.4, 0.5) is 0 Å². The molecule has 5 rings (SSSR count). The number of likely N-dealkylation sites (tertiary alicyclic amines) is 1. The molecule has 1 aliphatic heterocycles. The van der Waals surface area contributed by atoms with E-state index in [0.29, 0.717) is 11.7 Å². The standard InChI is InChI=1S/C23H25N5O2S/c1-29-19-7-3-6-18(22(19)30-2)16-8-9-20-25-23(26-28(20)14-16)17-5-4-11-27(13-17)15-21-24-10-12-31-21/h3,6-10,12,14,17H,4-5,11,13,15H2,1-2H3/t17-/m1/s1. The van der Waals surface area contributed by atoms with Gasteiger partial charge in [0.05, 0.1) is 20.8 Å². The van der Waals surface area contributed by atoms with Crippen molar-refractivity contribution in [3.63, 3.8) is 0 Å². The Morgan fingerprint density at radius 3 is 2.90 bits per heavy atom. The Bertz CT molecular complexity index is 1170. The minimum Gasteiger partial charge on any atom is -0.493 e. The average Bonchev–Trinajstić information content (AvgIpc) is 3.47. The monoisotopic (exact) mass is 435 g/mol. The van der Waals surface area contributed by atoms with Crippen molar-refractivity contribution in [2.75, 3.05) is 27.3 Å². The van der Waals surface area contributed by atoms with E-state index < -0.39 is 0 Å². The molecule has 3 aromatic heterocycles. The average molecular weight is 436 g/mol. The molecule has 8 heteroatoms. The fourth-order valence-corrected chi connectivity index (χ4v) is 4.94. The maximum absolute atomic E-state index is 5.61. The predicted molar refractivity (Wildman–Crippen MR) is 121 cm³/mol. The molecular weight excluding hydrogens is 410 g/mol. The van der Waals surface area contributed by atoms with Crippen molar-refractivity contribution in [2.24, 2.45) is 0 Å². The molecular formula is C23H25N5O2S. The zero-order valence-corrected chi connectivity index (χ0v) is 18.5. The molecule has 0 bridgehead atoms. The smallest absolute Gasteiger partial charge is 0.168 e. The zero-order chi connectivity index (χ0) is 21.2. The Morgan fingerprint density at radius 2 is 2.10 bits per heavy atom. The van der Waals surface area contributed by atoms with Crippen LogP contribution in [0.1, 0.15) is 29.6 Å². The van der Waals surface area contributed by atoms with Gasteiger partial charge in [-0.25, -0.2) is 14.5 Å². The lowest BCUT2D eigenvalue weighted by Gasteiger charge is -2.30. The number of ether oxygens (including phenoxy) is 2. The first-order valence-corrected chi connectivity index (χ1v) is 11.3. The molecule has 4 heterocycles. The molecule has 31 heavy (non-hydrogen) atoms. The van der Waals surface area contributed by atoms with Crippen LogP contribution < -0.4 is 9.47 Å². The van der Waals surface area contributed by atoms with Gasteiger partial charge in [0.25, 0.3) is 0 Å². The van der Waals surface area contributed by atoms with Gasteiger partial charge in [-0.3, -0.25) is 4.90 Å². The summed E-state index contributed by atoms with van der Waals surface area (Å²) in [5.74, 6) is 2.68. The first-order chi connectivity index (χ1) is 15.2. The molecule has 0 unspecified atom stereocenters. The van der Waals surface area contributed by atoms with Gasteiger partial charge < -0.3 is 9.47 Å². The number of aromatic nitrogens is 4. The summed E-state index contributed by atoms with van der Waals surface area (Å²) >= 11 is 1.72. The molecule has 160 valence electrons. The summed E-state index contributed by atoms with van der Waals surface area (Å²) < 4.78 is 12.9. The lowest BCUT2D eigenvalue weighted by molar-refractivity contribution is 0.196. The Kier molecular flexibility index (Phi) is 5.57. The molecule has 0 radical (unpaired) electrons. The lowest BCUT2D eigenvalue weighted by Crippen LogP contribution is -2.34. The molecule has 1 atom stereocenters. The quantitative estimate of drug-likeness (QED) is 0.451. The van der Waals surface area contributed by atoms with Crippen LogP contribution in [0.3, 0.4) is 0 Å². The first-order valence-electron chi connectivity index (χ1n) is 10.4. The van der Waals surface area contributed by atoms with E-state index in [4.69, 9.17) is 19.6 Å². The number of rotatable bonds is 6. The Balaban J connectivity index is 1.41. The van der Waals surface area contributed by atoms with E-state index >= 15 is 0 Å². The van der Waals surface area contributed by atoms with Crippen molar-refractivity contribution in [3.05, 3.63) is 58.9 Å². The van der Waals surface area contributed by atoms with Crippen LogP contribution in [0.25, 0.3) is 16.8 Å². The van der Waals surface area contributed by atoms with Gasteiger partial charge in [-0.15, -0.1) is 11.3 Å². The molecule has 0 saturated carbocycles. The molecule has 1 fully saturated rings. The summed E-state index contributed by atoms with van der Waals surface area (Å²) in [6, 6.07) is 9.96. The molecule has 1 saturated heterocycles. The second kappa shape index (κ2) is 8.64. The minimum absolute atomic E-state index is 0.336. The number of nitrogens with zero attached hydrogens (tertiary/aromatic N) is 5. The maximum atomic E-state index is 5.61. The number of fused-ring (bicyclic) bond motifs is 1. The lowest BCUT2D eigenvalue weighted by atomic mass is 9.97. The topological polar surface area (TPSA) is 64.8 Å². The normalized spacial score (nSPS) is 17.2. The minimum atomic E-state index is 0.336. The van der Waals surface area contributed by atoms with E-state index in [-0.39, 0.29) is 0 Å². The molecule has 0 N–H and O–H groups in total. The van der Waals surface area contributed by atoms with Crippen molar-refractivity contribution in [3.8, 4) is 22.6 Å². The van der Waals surface area contributed by atoms with Gasteiger partial charge in [-0.1, -0.05) is 12.1 Å². The fourth-order valence-electron chi connectivity index (χ4n) is 4.28. The highest BCUT2D eigenvalue weighted by Gasteiger charge is 2.25. The third kappa shape index (κ3) is 4.00. The SMILES string of the molecule is COc1cccc(-c2ccc3nc([C@@H]4CCCN(Cc5nccs5)C4)nn3c2)c1OC. The van der Waals surface area contributed by atoms with E-state index in [1.807, 2.05) is 46.6 Å². The van der Waals surface area contributed by atoms with Gasteiger partial charge in [-0.2, -0.15) is 5.10 Å². The van der Waals surface area contributed by atoms with Gasteiger partial charge in [0.15, 0.2) is 23.0 Å². The Morgan fingerprint density at radius 1 is 1.16 bits per heavy atom. The Hall–Kier alpha value is -2.97. The van der Waals surface area contributed by atoms with Crippen molar-refractivity contribution in [1.29, 1.82) is 0 Å². The van der Waals surface area contributed by atoms with Crippen LogP contribution in [-0.4, -0.2) is 51.8 Å². The van der Waals surface area contributed by atoms with E-state index in [1.165, 1.54) is 5.01 Å². The van der Waals surface area contributed by atoms with Gasteiger partial charge >= 0.3 is 0 Å². The zero-order valence-electron chi connectivity index (χ0n) is 17.7. The van der Waals surface area contributed by atoms with Crippen molar-refractivity contribution in [2.45, 2.75) is 25.3 Å². The fraction of sp³-hybridized carbons (Fsp3) is 0.348. The van der Waals surface area contributed by atoms with Crippen LogP contribution in [0, 0.1) is 0 Å². The van der Waals surface area contributed by atoms with Gasteiger partial charge in [-0.05, 0) is 37.6 Å². The third-order valence-corrected chi connectivity index (χ3v) is 6.54. The van der Waals surface area contributed by atoms with Crippen LogP contribution in [0.2, 0.25) is 0 Å². The number of piperidine rings is 1. The van der Waals surface area contributed by atoms with Crippen LogP contribution in [0.15, 0.2) is 48.1 Å².